The third-order valence-corrected chi connectivity index (χ3v) is 3.45. The Morgan fingerprint density at radius 1 is 1.04 bits per heavy atom. The predicted octanol–water partition coefficient (Wildman–Crippen LogP) is 3.93. The van der Waals surface area contributed by atoms with E-state index in [2.05, 4.69) is 4.98 Å². The van der Waals surface area contributed by atoms with Crippen LogP contribution in [0.2, 0.25) is 0 Å². The van der Waals surface area contributed by atoms with Crippen molar-refractivity contribution in [3.8, 4) is 23.0 Å². The summed E-state index contributed by atoms with van der Waals surface area (Å²) in [6.45, 7) is 4.41. The van der Waals surface area contributed by atoms with E-state index in [1.807, 2.05) is 6.92 Å². The van der Waals surface area contributed by atoms with Gasteiger partial charge in [0.2, 0.25) is 5.89 Å². The van der Waals surface area contributed by atoms with Crippen LogP contribution in [0.5, 0.6) is 11.5 Å². The Kier molecular flexibility index (Phi) is 4.65. The molecule has 7 heteroatoms. The molecule has 0 aliphatic heterocycles. The largest absolute Gasteiger partial charge is 0.490 e. The quantitative estimate of drug-likeness (QED) is 0.700. The van der Waals surface area contributed by atoms with Gasteiger partial charge in [-0.2, -0.15) is 0 Å². The number of nitrogens with zero attached hydrogens (tertiary/aromatic N) is 1. The van der Waals surface area contributed by atoms with Crippen LogP contribution in [0.1, 0.15) is 13.8 Å². The van der Waals surface area contributed by atoms with Gasteiger partial charge in [0.15, 0.2) is 11.5 Å². The second kappa shape index (κ2) is 6.88. The Bertz CT molecular complexity index is 985. The maximum atomic E-state index is 13.9. The first-order chi connectivity index (χ1) is 12.0. The molecule has 3 aromatic rings. The molecule has 0 N–H and O–H groups in total. The number of ether oxygens (including phenoxy) is 2. The molecule has 0 spiro atoms. The molecule has 0 fully saturated rings. The van der Waals surface area contributed by atoms with Gasteiger partial charge in [-0.15, -0.1) is 0 Å². The predicted molar refractivity (Wildman–Crippen MR) is 88.0 cm³/mol. The van der Waals surface area contributed by atoms with Crippen molar-refractivity contribution in [2.45, 2.75) is 13.8 Å². The first-order valence-electron chi connectivity index (χ1n) is 7.73. The minimum Gasteiger partial charge on any atom is -0.490 e. The van der Waals surface area contributed by atoms with Gasteiger partial charge in [-0.05, 0) is 26.0 Å². The Hall–Kier alpha value is -2.96. The third kappa shape index (κ3) is 3.31. The number of benzene rings is 2. The van der Waals surface area contributed by atoms with Crippen LogP contribution >= 0.6 is 0 Å². The van der Waals surface area contributed by atoms with Gasteiger partial charge in [0.05, 0.1) is 29.7 Å². The average Bonchev–Trinajstić information content (AvgIpc) is 2.56. The molecule has 1 heterocycles. The fraction of sp³-hybridized carbons (Fsp3) is 0.222. The molecule has 0 aliphatic carbocycles. The average molecular weight is 347 g/mol. The van der Waals surface area contributed by atoms with Crippen LogP contribution < -0.4 is 15.1 Å². The normalized spacial score (nSPS) is 10.9. The topological polar surface area (TPSA) is 61.6 Å². The van der Waals surface area contributed by atoms with Crippen molar-refractivity contribution in [1.29, 1.82) is 0 Å². The molecule has 0 saturated heterocycles. The van der Waals surface area contributed by atoms with E-state index in [0.29, 0.717) is 30.8 Å². The minimum atomic E-state index is -0.869. The summed E-state index contributed by atoms with van der Waals surface area (Å²) in [5, 5.41) is 0.179. The molecular formula is C18H15F2NO4. The van der Waals surface area contributed by atoms with E-state index >= 15 is 0 Å². The fourth-order valence-electron chi connectivity index (χ4n) is 2.39. The Balaban J connectivity index is 2.21. The highest BCUT2D eigenvalue weighted by atomic mass is 19.1. The first kappa shape index (κ1) is 16.9. The molecule has 0 atom stereocenters. The summed E-state index contributed by atoms with van der Waals surface area (Å²) in [5.41, 5.74) is -0.540. The number of aromatic nitrogens is 1. The summed E-state index contributed by atoms with van der Waals surface area (Å²) in [6.07, 6.45) is 0. The summed E-state index contributed by atoms with van der Waals surface area (Å²) in [5.74, 6) is -1.02. The highest BCUT2D eigenvalue weighted by molar-refractivity contribution is 5.82. The van der Waals surface area contributed by atoms with Gasteiger partial charge in [0.25, 0.3) is 0 Å². The summed E-state index contributed by atoms with van der Waals surface area (Å²) >= 11 is 0. The number of fused-ring (bicyclic) bond motifs is 1. The van der Waals surface area contributed by atoms with Gasteiger partial charge in [-0.3, -0.25) is 0 Å². The number of rotatable bonds is 5. The summed E-state index contributed by atoms with van der Waals surface area (Å²) < 4.78 is 43.1. The van der Waals surface area contributed by atoms with Gasteiger partial charge < -0.3 is 13.9 Å². The summed E-state index contributed by atoms with van der Waals surface area (Å²) in [7, 11) is 0. The lowest BCUT2D eigenvalue weighted by Gasteiger charge is -2.11. The third-order valence-electron chi connectivity index (χ3n) is 3.45. The number of hydrogen-bond donors (Lipinski definition) is 0. The van der Waals surface area contributed by atoms with Crippen molar-refractivity contribution in [2.75, 3.05) is 13.2 Å². The van der Waals surface area contributed by atoms with Crippen LogP contribution in [0.25, 0.3) is 22.4 Å². The molecule has 0 saturated carbocycles. The van der Waals surface area contributed by atoms with Gasteiger partial charge in [-0.1, -0.05) is 0 Å². The first-order valence-corrected chi connectivity index (χ1v) is 7.73. The molecule has 5 nitrogen and oxygen atoms in total. The van der Waals surface area contributed by atoms with Gasteiger partial charge in [-0.25, -0.2) is 18.6 Å². The van der Waals surface area contributed by atoms with E-state index in [4.69, 9.17) is 13.9 Å². The SMILES string of the molecule is CCOc1cc2nc(-c3ccc(F)cc3F)oc(=O)c2cc1OCC. The standard InChI is InChI=1S/C18H15F2NO4/c1-3-23-15-8-12-14(9-16(15)24-4-2)21-17(25-18(12)22)11-6-5-10(19)7-13(11)20/h5-9H,3-4H2,1-2H3. The highest BCUT2D eigenvalue weighted by Crippen LogP contribution is 2.32. The summed E-state index contributed by atoms with van der Waals surface area (Å²) in [4.78, 5) is 16.5. The minimum absolute atomic E-state index is 0.104. The molecule has 25 heavy (non-hydrogen) atoms. The maximum absolute atomic E-state index is 13.9. The van der Waals surface area contributed by atoms with E-state index in [-0.39, 0.29) is 22.4 Å². The number of halogens is 2. The van der Waals surface area contributed by atoms with Crippen molar-refractivity contribution in [3.05, 3.63) is 52.4 Å². The van der Waals surface area contributed by atoms with Gasteiger partial charge in [0, 0.05) is 18.2 Å². The Morgan fingerprint density at radius 2 is 1.72 bits per heavy atom. The summed E-state index contributed by atoms with van der Waals surface area (Å²) in [6, 6.07) is 5.94. The van der Waals surface area contributed by atoms with Crippen molar-refractivity contribution in [2.24, 2.45) is 0 Å². The smallest absolute Gasteiger partial charge is 0.347 e. The van der Waals surface area contributed by atoms with Crippen molar-refractivity contribution in [1.82, 2.24) is 4.98 Å². The van der Waals surface area contributed by atoms with Gasteiger partial charge in [0.1, 0.15) is 11.6 Å². The monoisotopic (exact) mass is 347 g/mol. The van der Waals surface area contributed by atoms with E-state index in [0.717, 1.165) is 6.07 Å². The molecule has 0 unspecified atom stereocenters. The lowest BCUT2D eigenvalue weighted by atomic mass is 10.2. The molecule has 0 aliphatic rings. The van der Waals surface area contributed by atoms with Crippen LogP contribution in [0.3, 0.4) is 0 Å². The van der Waals surface area contributed by atoms with Crippen LogP contribution in [0.4, 0.5) is 8.78 Å². The van der Waals surface area contributed by atoms with Gasteiger partial charge >= 0.3 is 5.63 Å². The maximum Gasteiger partial charge on any atom is 0.347 e. The van der Waals surface area contributed by atoms with E-state index < -0.39 is 17.3 Å². The Labute approximate surface area is 141 Å². The van der Waals surface area contributed by atoms with E-state index in [9.17, 15) is 13.6 Å². The zero-order valence-electron chi connectivity index (χ0n) is 13.6. The van der Waals surface area contributed by atoms with Crippen molar-refractivity contribution in [3.63, 3.8) is 0 Å². The van der Waals surface area contributed by atoms with Crippen LogP contribution in [-0.4, -0.2) is 18.2 Å². The molecule has 0 radical (unpaired) electrons. The molecule has 130 valence electrons. The fourth-order valence-corrected chi connectivity index (χ4v) is 2.39. The molecular weight excluding hydrogens is 332 g/mol. The van der Waals surface area contributed by atoms with E-state index in [1.54, 1.807) is 6.92 Å². The Morgan fingerprint density at radius 3 is 2.36 bits per heavy atom. The molecule has 0 bridgehead atoms. The highest BCUT2D eigenvalue weighted by Gasteiger charge is 2.16. The second-order valence-corrected chi connectivity index (χ2v) is 5.11. The second-order valence-electron chi connectivity index (χ2n) is 5.11. The van der Waals surface area contributed by atoms with Crippen molar-refractivity contribution >= 4 is 10.9 Å². The van der Waals surface area contributed by atoms with E-state index in [1.165, 1.54) is 18.2 Å². The van der Waals surface area contributed by atoms with Crippen LogP contribution in [0, 0.1) is 11.6 Å². The zero-order valence-corrected chi connectivity index (χ0v) is 13.6. The lowest BCUT2D eigenvalue weighted by molar-refractivity contribution is 0.288. The molecule has 3 rings (SSSR count). The van der Waals surface area contributed by atoms with Crippen LogP contribution in [-0.2, 0) is 0 Å². The van der Waals surface area contributed by atoms with Crippen molar-refractivity contribution < 1.29 is 22.7 Å². The molecule has 2 aromatic carbocycles. The number of hydrogen-bond acceptors (Lipinski definition) is 5. The zero-order chi connectivity index (χ0) is 18.0. The lowest BCUT2D eigenvalue weighted by Crippen LogP contribution is -2.06. The van der Waals surface area contributed by atoms with Crippen LogP contribution in [0.15, 0.2) is 39.5 Å². The molecule has 0 amide bonds. The molecule has 1 aromatic heterocycles.